The number of nitrogens with one attached hydrogen (secondary N) is 1. The van der Waals surface area contributed by atoms with Crippen LogP contribution in [0.3, 0.4) is 0 Å². The lowest BCUT2D eigenvalue weighted by Crippen LogP contribution is -2.63. The molecule has 0 aromatic heterocycles. The minimum Gasteiger partial charge on any atom is -0.444 e. The van der Waals surface area contributed by atoms with E-state index in [-0.39, 0.29) is 12.1 Å². The summed E-state index contributed by atoms with van der Waals surface area (Å²) in [6.45, 7) is 8.38. The molecule has 21 heavy (non-hydrogen) atoms. The van der Waals surface area contributed by atoms with Gasteiger partial charge in [0.15, 0.2) is 0 Å². The van der Waals surface area contributed by atoms with E-state index < -0.39 is 5.60 Å². The molecule has 0 aliphatic carbocycles. The van der Waals surface area contributed by atoms with Crippen molar-refractivity contribution in [3.8, 4) is 0 Å². The molecule has 2 fully saturated rings. The highest BCUT2D eigenvalue weighted by Crippen LogP contribution is 2.17. The summed E-state index contributed by atoms with van der Waals surface area (Å²) in [7, 11) is 0. The molecule has 2 saturated heterocycles. The first-order valence-electron chi connectivity index (χ1n) is 7.53. The third kappa shape index (κ3) is 4.49. The maximum Gasteiger partial charge on any atom is 0.410 e. The molecule has 7 heteroatoms. The van der Waals surface area contributed by atoms with Crippen molar-refractivity contribution in [2.75, 3.05) is 26.2 Å². The van der Waals surface area contributed by atoms with E-state index in [0.717, 1.165) is 12.8 Å². The van der Waals surface area contributed by atoms with Gasteiger partial charge in [-0.25, -0.2) is 9.59 Å². The van der Waals surface area contributed by atoms with Crippen molar-refractivity contribution in [3.05, 3.63) is 0 Å². The summed E-state index contributed by atoms with van der Waals surface area (Å²) in [5.74, 6) is 0. The molecule has 0 aromatic carbocycles. The third-order valence-corrected chi connectivity index (χ3v) is 3.81. The molecule has 2 heterocycles. The van der Waals surface area contributed by atoms with Gasteiger partial charge in [-0.1, -0.05) is 0 Å². The van der Waals surface area contributed by atoms with Crippen LogP contribution in [-0.2, 0) is 4.74 Å². The molecule has 0 saturated carbocycles. The Bertz CT molecular complexity index is 394. The van der Waals surface area contributed by atoms with Gasteiger partial charge in [-0.05, 0) is 33.6 Å². The van der Waals surface area contributed by atoms with Gasteiger partial charge >= 0.3 is 12.1 Å². The van der Waals surface area contributed by atoms with Crippen molar-refractivity contribution < 1.29 is 14.3 Å². The average Bonchev–Trinajstić information content (AvgIpc) is 2.31. The summed E-state index contributed by atoms with van der Waals surface area (Å²) in [4.78, 5) is 26.2. The fraction of sp³-hybridized carbons (Fsp3) is 0.857. The second-order valence-electron chi connectivity index (χ2n) is 6.85. The van der Waals surface area contributed by atoms with Crippen molar-refractivity contribution in [2.24, 2.45) is 5.73 Å². The number of nitrogens with zero attached hydrogens (tertiary/aromatic N) is 2. The summed E-state index contributed by atoms with van der Waals surface area (Å²) in [6.07, 6.45) is 1.57. The van der Waals surface area contributed by atoms with E-state index in [9.17, 15) is 9.59 Å². The number of urea groups is 1. The Hall–Kier alpha value is -1.50. The number of amides is 3. The summed E-state index contributed by atoms with van der Waals surface area (Å²) in [6, 6.07) is 0.377. The SMILES string of the molecule is CC(C)(C)OC(=O)N1CC(NC2CCN(C(N)=O)CC2)C1. The van der Waals surface area contributed by atoms with Crippen molar-refractivity contribution in [3.63, 3.8) is 0 Å². The molecule has 2 aliphatic heterocycles. The lowest BCUT2D eigenvalue weighted by Gasteiger charge is -2.43. The number of hydrogen-bond donors (Lipinski definition) is 2. The molecule has 0 unspecified atom stereocenters. The van der Waals surface area contributed by atoms with Crippen molar-refractivity contribution in [1.82, 2.24) is 15.1 Å². The quantitative estimate of drug-likeness (QED) is 0.787. The first kappa shape index (κ1) is 15.9. The number of rotatable bonds is 2. The van der Waals surface area contributed by atoms with Gasteiger partial charge in [0.25, 0.3) is 0 Å². The Kier molecular flexibility index (Phi) is 4.61. The zero-order valence-corrected chi connectivity index (χ0v) is 13.1. The smallest absolute Gasteiger partial charge is 0.410 e. The molecule has 0 atom stereocenters. The largest absolute Gasteiger partial charge is 0.444 e. The minimum atomic E-state index is -0.447. The van der Waals surface area contributed by atoms with Crippen LogP contribution in [0.4, 0.5) is 9.59 Å². The van der Waals surface area contributed by atoms with E-state index in [1.54, 1.807) is 9.80 Å². The molecule has 2 rings (SSSR count). The van der Waals surface area contributed by atoms with Gasteiger partial charge in [-0.2, -0.15) is 0 Å². The van der Waals surface area contributed by atoms with Crippen LogP contribution in [0.15, 0.2) is 0 Å². The van der Waals surface area contributed by atoms with E-state index >= 15 is 0 Å². The lowest BCUT2D eigenvalue weighted by atomic mass is 10.0. The zero-order valence-electron chi connectivity index (χ0n) is 13.1. The zero-order chi connectivity index (χ0) is 15.6. The topological polar surface area (TPSA) is 87.9 Å². The molecule has 120 valence electrons. The molecule has 7 nitrogen and oxygen atoms in total. The van der Waals surface area contributed by atoms with Gasteiger partial charge in [0.05, 0.1) is 0 Å². The number of carbonyl (C=O) groups is 2. The molecular formula is C14H26N4O3. The highest BCUT2D eigenvalue weighted by Gasteiger charge is 2.35. The Morgan fingerprint density at radius 2 is 1.67 bits per heavy atom. The monoisotopic (exact) mass is 298 g/mol. The molecule has 0 radical (unpaired) electrons. The minimum absolute atomic E-state index is 0.246. The van der Waals surface area contributed by atoms with Crippen LogP contribution in [-0.4, -0.2) is 65.8 Å². The fourth-order valence-corrected chi connectivity index (χ4v) is 2.66. The van der Waals surface area contributed by atoms with Crippen molar-refractivity contribution in [2.45, 2.75) is 51.3 Å². The van der Waals surface area contributed by atoms with E-state index in [0.29, 0.717) is 38.3 Å². The Morgan fingerprint density at radius 3 is 2.14 bits per heavy atom. The molecule has 3 amide bonds. The van der Waals surface area contributed by atoms with Crippen LogP contribution < -0.4 is 11.1 Å². The van der Waals surface area contributed by atoms with E-state index in [1.807, 2.05) is 20.8 Å². The van der Waals surface area contributed by atoms with Crippen LogP contribution in [0.1, 0.15) is 33.6 Å². The normalized spacial score (nSPS) is 21.1. The number of likely N-dealkylation sites (tertiary alicyclic amines) is 2. The van der Waals surface area contributed by atoms with Crippen LogP contribution in [0.2, 0.25) is 0 Å². The predicted octanol–water partition coefficient (Wildman–Crippen LogP) is 0.738. The van der Waals surface area contributed by atoms with Crippen LogP contribution >= 0.6 is 0 Å². The molecular weight excluding hydrogens is 272 g/mol. The number of ether oxygens (including phenoxy) is 1. The standard InChI is InChI=1S/C14H26N4O3/c1-14(2,3)21-13(20)18-8-11(9-18)16-10-4-6-17(7-5-10)12(15)19/h10-11,16H,4-9H2,1-3H3,(H2,15,19). The maximum atomic E-state index is 11.8. The van der Waals surface area contributed by atoms with Crippen LogP contribution in [0.25, 0.3) is 0 Å². The molecule has 3 N–H and O–H groups in total. The molecule has 0 aromatic rings. The second-order valence-corrected chi connectivity index (χ2v) is 6.85. The number of piperidine rings is 1. The Balaban J connectivity index is 1.65. The summed E-state index contributed by atoms with van der Waals surface area (Å²) in [5.41, 5.74) is 4.81. The van der Waals surface area contributed by atoms with Crippen molar-refractivity contribution in [1.29, 1.82) is 0 Å². The first-order chi connectivity index (χ1) is 9.74. The highest BCUT2D eigenvalue weighted by atomic mass is 16.6. The van der Waals surface area contributed by atoms with Gasteiger partial charge in [0.2, 0.25) is 0 Å². The number of hydrogen-bond acceptors (Lipinski definition) is 4. The maximum absolute atomic E-state index is 11.8. The van der Waals surface area contributed by atoms with Gasteiger partial charge in [-0.15, -0.1) is 0 Å². The lowest BCUT2D eigenvalue weighted by molar-refractivity contribution is 0.00333. The molecule has 0 spiro atoms. The van der Waals surface area contributed by atoms with Gasteiger partial charge in [0, 0.05) is 38.3 Å². The first-order valence-corrected chi connectivity index (χ1v) is 7.53. The van der Waals surface area contributed by atoms with E-state index in [1.165, 1.54) is 0 Å². The highest BCUT2D eigenvalue weighted by molar-refractivity contribution is 5.72. The summed E-state index contributed by atoms with van der Waals surface area (Å²) < 4.78 is 5.32. The average molecular weight is 298 g/mol. The summed E-state index contributed by atoms with van der Waals surface area (Å²) >= 11 is 0. The number of carbonyl (C=O) groups excluding carboxylic acids is 2. The van der Waals surface area contributed by atoms with Gasteiger partial charge in [-0.3, -0.25) is 0 Å². The van der Waals surface area contributed by atoms with E-state index in [4.69, 9.17) is 10.5 Å². The number of primary amides is 1. The predicted molar refractivity (Wildman–Crippen MR) is 78.9 cm³/mol. The Morgan fingerprint density at radius 1 is 1.10 bits per heavy atom. The third-order valence-electron chi connectivity index (χ3n) is 3.81. The second kappa shape index (κ2) is 6.09. The van der Waals surface area contributed by atoms with E-state index in [2.05, 4.69) is 5.32 Å². The molecule has 0 bridgehead atoms. The van der Waals surface area contributed by atoms with Gasteiger partial charge < -0.3 is 25.6 Å². The van der Waals surface area contributed by atoms with Crippen LogP contribution in [0, 0.1) is 0 Å². The van der Waals surface area contributed by atoms with Crippen molar-refractivity contribution >= 4 is 12.1 Å². The Labute approximate surface area is 125 Å². The van der Waals surface area contributed by atoms with Crippen LogP contribution in [0.5, 0.6) is 0 Å². The fourth-order valence-electron chi connectivity index (χ4n) is 2.66. The molecule has 2 aliphatic rings. The van der Waals surface area contributed by atoms with Gasteiger partial charge in [0.1, 0.15) is 5.60 Å². The number of nitrogens with two attached hydrogens (primary N) is 1. The summed E-state index contributed by atoms with van der Waals surface area (Å²) in [5, 5.41) is 3.53.